The molecule has 0 aliphatic rings. The highest BCUT2D eigenvalue weighted by Gasteiger charge is 2.32. The van der Waals surface area contributed by atoms with Gasteiger partial charge in [-0.25, -0.2) is 4.79 Å². The van der Waals surface area contributed by atoms with Gasteiger partial charge in [-0.3, -0.25) is 9.59 Å². The molecule has 0 aromatic carbocycles. The van der Waals surface area contributed by atoms with Crippen LogP contribution >= 0.6 is 0 Å². The van der Waals surface area contributed by atoms with Gasteiger partial charge in [0.1, 0.15) is 6.04 Å². The summed E-state index contributed by atoms with van der Waals surface area (Å²) in [6.45, 7) is 8.42. The van der Waals surface area contributed by atoms with Crippen LogP contribution < -0.4 is 16.4 Å². The molecule has 0 fully saturated rings. The van der Waals surface area contributed by atoms with E-state index in [0.717, 1.165) is 0 Å². The SMILES string of the molecule is CC(C)[C@H](N)C(=O)NCC(=O)N[C@@H](C(=O)O)C(C)(C)C. The molecule has 20 heavy (non-hydrogen) atoms. The van der Waals surface area contributed by atoms with E-state index in [1.54, 1.807) is 34.6 Å². The zero-order valence-electron chi connectivity index (χ0n) is 12.7. The van der Waals surface area contributed by atoms with E-state index in [1.807, 2.05) is 0 Å². The molecule has 7 nitrogen and oxygen atoms in total. The molecule has 0 heterocycles. The number of hydrogen-bond acceptors (Lipinski definition) is 4. The summed E-state index contributed by atoms with van der Waals surface area (Å²) in [7, 11) is 0. The van der Waals surface area contributed by atoms with E-state index in [4.69, 9.17) is 10.8 Å². The normalized spacial score (nSPS) is 14.6. The van der Waals surface area contributed by atoms with Gasteiger partial charge in [0.2, 0.25) is 11.8 Å². The third kappa shape index (κ3) is 6.01. The van der Waals surface area contributed by atoms with Crippen molar-refractivity contribution in [2.75, 3.05) is 6.54 Å². The van der Waals surface area contributed by atoms with Crippen LogP contribution in [0.2, 0.25) is 0 Å². The fraction of sp³-hybridized carbons (Fsp3) is 0.769. The summed E-state index contributed by atoms with van der Waals surface area (Å²) in [5.41, 5.74) is 5.00. The highest BCUT2D eigenvalue weighted by molar-refractivity contribution is 5.89. The molecule has 5 N–H and O–H groups in total. The molecule has 0 saturated heterocycles. The zero-order valence-corrected chi connectivity index (χ0v) is 12.7. The van der Waals surface area contributed by atoms with Crippen LogP contribution in [0.5, 0.6) is 0 Å². The number of carbonyl (C=O) groups excluding carboxylic acids is 2. The molecule has 0 spiro atoms. The van der Waals surface area contributed by atoms with E-state index in [9.17, 15) is 14.4 Å². The first kappa shape index (κ1) is 18.4. The van der Waals surface area contributed by atoms with Crippen molar-refractivity contribution in [2.45, 2.75) is 46.7 Å². The topological polar surface area (TPSA) is 122 Å². The van der Waals surface area contributed by atoms with E-state index < -0.39 is 35.3 Å². The van der Waals surface area contributed by atoms with Gasteiger partial charge in [0.15, 0.2) is 0 Å². The Balaban J connectivity index is 4.43. The number of carbonyl (C=O) groups is 3. The Hall–Kier alpha value is -1.63. The minimum Gasteiger partial charge on any atom is -0.480 e. The van der Waals surface area contributed by atoms with Gasteiger partial charge in [-0.2, -0.15) is 0 Å². The number of nitrogens with two attached hydrogens (primary N) is 1. The maximum absolute atomic E-state index is 11.7. The molecule has 0 aromatic rings. The van der Waals surface area contributed by atoms with Gasteiger partial charge in [0, 0.05) is 0 Å². The van der Waals surface area contributed by atoms with Crippen molar-refractivity contribution in [1.29, 1.82) is 0 Å². The first-order chi connectivity index (χ1) is 8.96. The largest absolute Gasteiger partial charge is 0.480 e. The second-order valence-electron chi connectivity index (χ2n) is 6.19. The second-order valence-corrected chi connectivity index (χ2v) is 6.19. The Kier molecular flexibility index (Phi) is 6.64. The Morgan fingerprint density at radius 2 is 1.70 bits per heavy atom. The number of carboxylic acid groups (broad SMARTS) is 1. The highest BCUT2D eigenvalue weighted by atomic mass is 16.4. The van der Waals surface area contributed by atoms with E-state index in [-0.39, 0.29) is 12.5 Å². The quantitative estimate of drug-likeness (QED) is 0.534. The van der Waals surface area contributed by atoms with Gasteiger partial charge in [-0.05, 0) is 11.3 Å². The molecular weight excluding hydrogens is 262 g/mol. The molecule has 0 unspecified atom stereocenters. The van der Waals surface area contributed by atoms with E-state index in [1.165, 1.54) is 0 Å². The van der Waals surface area contributed by atoms with Crippen molar-refractivity contribution in [1.82, 2.24) is 10.6 Å². The number of rotatable bonds is 6. The minimum absolute atomic E-state index is 0.0422. The monoisotopic (exact) mass is 287 g/mol. The Labute approximate surface area is 119 Å². The number of hydrogen-bond donors (Lipinski definition) is 4. The summed E-state index contributed by atoms with van der Waals surface area (Å²) >= 11 is 0. The van der Waals surface area contributed by atoms with Crippen LogP contribution in [0.3, 0.4) is 0 Å². The number of carboxylic acids is 1. The van der Waals surface area contributed by atoms with Gasteiger partial charge in [0.25, 0.3) is 0 Å². The lowest BCUT2D eigenvalue weighted by Gasteiger charge is -2.27. The van der Waals surface area contributed by atoms with Crippen molar-refractivity contribution in [3.8, 4) is 0 Å². The summed E-state index contributed by atoms with van der Waals surface area (Å²) in [5.74, 6) is -2.15. The van der Waals surface area contributed by atoms with E-state index in [2.05, 4.69) is 10.6 Å². The van der Waals surface area contributed by atoms with Crippen LogP contribution in [0.4, 0.5) is 0 Å². The van der Waals surface area contributed by atoms with E-state index in [0.29, 0.717) is 0 Å². The van der Waals surface area contributed by atoms with E-state index >= 15 is 0 Å². The van der Waals surface area contributed by atoms with Gasteiger partial charge in [-0.1, -0.05) is 34.6 Å². The summed E-state index contributed by atoms with van der Waals surface area (Å²) < 4.78 is 0. The van der Waals surface area contributed by atoms with Crippen LogP contribution in [0.15, 0.2) is 0 Å². The molecule has 116 valence electrons. The molecule has 0 radical (unpaired) electrons. The smallest absolute Gasteiger partial charge is 0.326 e. The Bertz CT molecular complexity index is 374. The van der Waals surface area contributed by atoms with Crippen LogP contribution in [-0.2, 0) is 14.4 Å². The summed E-state index contributed by atoms with van der Waals surface area (Å²) in [6.07, 6.45) is 0. The maximum atomic E-state index is 11.7. The lowest BCUT2D eigenvalue weighted by Crippen LogP contribution is -2.53. The average molecular weight is 287 g/mol. The van der Waals surface area contributed by atoms with Gasteiger partial charge >= 0.3 is 5.97 Å². The molecule has 0 aliphatic heterocycles. The number of aliphatic carboxylic acids is 1. The third-order valence-electron chi connectivity index (χ3n) is 2.86. The molecule has 2 amide bonds. The summed E-state index contributed by atoms with van der Waals surface area (Å²) in [4.78, 5) is 34.3. The van der Waals surface area contributed by atoms with Crippen LogP contribution in [0.25, 0.3) is 0 Å². The minimum atomic E-state index is -1.11. The Morgan fingerprint density at radius 1 is 1.20 bits per heavy atom. The molecular formula is C13H25N3O4. The fourth-order valence-electron chi connectivity index (χ4n) is 1.45. The number of amides is 2. The predicted octanol–water partition coefficient (Wildman–Crippen LogP) is -0.299. The third-order valence-corrected chi connectivity index (χ3v) is 2.86. The van der Waals surface area contributed by atoms with Gasteiger partial charge in [0.05, 0.1) is 12.6 Å². The van der Waals surface area contributed by atoms with Gasteiger partial charge < -0.3 is 21.5 Å². The zero-order chi connectivity index (χ0) is 16.1. The van der Waals surface area contributed by atoms with Crippen molar-refractivity contribution < 1.29 is 19.5 Å². The van der Waals surface area contributed by atoms with Crippen molar-refractivity contribution in [3.63, 3.8) is 0 Å². The molecule has 7 heteroatoms. The first-order valence-electron chi connectivity index (χ1n) is 6.52. The molecule has 0 rings (SSSR count). The van der Waals surface area contributed by atoms with Gasteiger partial charge in [-0.15, -0.1) is 0 Å². The molecule has 2 atom stereocenters. The number of nitrogens with one attached hydrogen (secondary N) is 2. The standard InChI is InChI=1S/C13H25N3O4/c1-7(2)9(14)11(18)15-6-8(17)16-10(12(19)20)13(3,4)5/h7,9-10H,6,14H2,1-5H3,(H,15,18)(H,16,17)(H,19,20)/t9-,10-/m0/s1. The summed E-state index contributed by atoms with van der Waals surface area (Å²) in [6, 6.07) is -1.72. The highest BCUT2D eigenvalue weighted by Crippen LogP contribution is 2.19. The molecule has 0 bridgehead atoms. The lowest BCUT2D eigenvalue weighted by atomic mass is 9.87. The van der Waals surface area contributed by atoms with Crippen LogP contribution in [-0.4, -0.2) is 41.5 Å². The van der Waals surface area contributed by atoms with Crippen LogP contribution in [0.1, 0.15) is 34.6 Å². The fourth-order valence-corrected chi connectivity index (χ4v) is 1.45. The maximum Gasteiger partial charge on any atom is 0.326 e. The van der Waals surface area contributed by atoms with Crippen molar-refractivity contribution >= 4 is 17.8 Å². The predicted molar refractivity (Wildman–Crippen MR) is 74.8 cm³/mol. The second kappa shape index (κ2) is 7.23. The Morgan fingerprint density at radius 3 is 2.05 bits per heavy atom. The molecule has 0 aliphatic carbocycles. The van der Waals surface area contributed by atoms with Crippen molar-refractivity contribution in [3.05, 3.63) is 0 Å². The average Bonchev–Trinajstić information content (AvgIpc) is 2.29. The summed E-state index contributed by atoms with van der Waals surface area (Å²) in [5, 5.41) is 13.9. The first-order valence-corrected chi connectivity index (χ1v) is 6.52. The molecule has 0 aromatic heterocycles. The van der Waals surface area contributed by atoms with Crippen LogP contribution in [0, 0.1) is 11.3 Å². The lowest BCUT2D eigenvalue weighted by molar-refractivity contribution is -0.144. The van der Waals surface area contributed by atoms with Crippen molar-refractivity contribution in [2.24, 2.45) is 17.1 Å². The molecule has 0 saturated carbocycles.